The lowest BCUT2D eigenvalue weighted by molar-refractivity contribution is -0.136. The van der Waals surface area contributed by atoms with Gasteiger partial charge >= 0.3 is 5.97 Å². The van der Waals surface area contributed by atoms with Crippen LogP contribution in [0.1, 0.15) is 31.9 Å². The van der Waals surface area contributed by atoms with Crippen LogP contribution in [0.4, 0.5) is 0 Å². The minimum Gasteiger partial charge on any atom is -0.468 e. The fourth-order valence-corrected chi connectivity index (χ4v) is 2.96. The Balaban J connectivity index is 2.60. The van der Waals surface area contributed by atoms with Crippen LogP contribution in [0.15, 0.2) is 54.6 Å². The molecule has 1 atom stereocenters. The molecule has 2 aromatic carbocycles. The molecule has 2 aromatic rings. The SMILES string of the molecule is CCOC(=O)/C(=C(\c1ccccc1)C(C)OCC)c1ccc(OCOC)cc1. The molecule has 0 saturated heterocycles. The molecule has 0 saturated carbocycles. The van der Waals surface area contributed by atoms with Crippen molar-refractivity contribution in [1.29, 1.82) is 0 Å². The molecular weight excluding hydrogens is 356 g/mol. The maximum absolute atomic E-state index is 12.9. The van der Waals surface area contributed by atoms with E-state index in [-0.39, 0.29) is 18.9 Å². The van der Waals surface area contributed by atoms with Gasteiger partial charge in [0, 0.05) is 19.3 Å². The molecule has 0 aliphatic rings. The van der Waals surface area contributed by atoms with Crippen molar-refractivity contribution >= 4 is 17.1 Å². The lowest BCUT2D eigenvalue weighted by atomic mass is 9.91. The molecule has 0 amide bonds. The Kier molecular flexibility index (Phi) is 8.72. The predicted octanol–water partition coefficient (Wildman–Crippen LogP) is 4.57. The Bertz CT molecular complexity index is 765. The average Bonchev–Trinajstić information content (AvgIpc) is 2.71. The van der Waals surface area contributed by atoms with E-state index in [4.69, 9.17) is 18.9 Å². The average molecular weight is 384 g/mol. The van der Waals surface area contributed by atoms with Crippen molar-refractivity contribution in [2.24, 2.45) is 0 Å². The Morgan fingerprint density at radius 3 is 2.18 bits per heavy atom. The first-order chi connectivity index (χ1) is 13.6. The summed E-state index contributed by atoms with van der Waals surface area (Å²) in [4.78, 5) is 12.9. The minimum absolute atomic E-state index is 0.163. The van der Waals surface area contributed by atoms with E-state index in [1.807, 2.05) is 68.4 Å². The van der Waals surface area contributed by atoms with Crippen LogP contribution >= 0.6 is 0 Å². The zero-order valence-electron chi connectivity index (χ0n) is 16.9. The molecule has 0 fully saturated rings. The molecule has 28 heavy (non-hydrogen) atoms. The summed E-state index contributed by atoms with van der Waals surface area (Å²) < 4.78 is 21.6. The highest BCUT2D eigenvalue weighted by molar-refractivity contribution is 6.25. The molecule has 0 bridgehead atoms. The monoisotopic (exact) mass is 384 g/mol. The molecule has 5 nitrogen and oxygen atoms in total. The van der Waals surface area contributed by atoms with Crippen molar-refractivity contribution in [2.45, 2.75) is 26.9 Å². The van der Waals surface area contributed by atoms with Gasteiger partial charge in [0.2, 0.25) is 0 Å². The highest BCUT2D eigenvalue weighted by Gasteiger charge is 2.24. The minimum atomic E-state index is -0.376. The largest absolute Gasteiger partial charge is 0.468 e. The molecule has 0 aromatic heterocycles. The topological polar surface area (TPSA) is 54.0 Å². The number of ether oxygens (including phenoxy) is 4. The second-order valence-corrected chi connectivity index (χ2v) is 6.05. The normalized spacial score (nSPS) is 12.9. The van der Waals surface area contributed by atoms with Crippen LogP contribution in [-0.4, -0.2) is 39.2 Å². The van der Waals surface area contributed by atoms with Crippen molar-refractivity contribution in [1.82, 2.24) is 0 Å². The summed E-state index contributed by atoms with van der Waals surface area (Å²) in [5, 5.41) is 0. The number of esters is 1. The van der Waals surface area contributed by atoms with Crippen LogP contribution in [0, 0.1) is 0 Å². The third-order valence-corrected chi connectivity index (χ3v) is 4.14. The van der Waals surface area contributed by atoms with E-state index in [9.17, 15) is 4.79 Å². The summed E-state index contributed by atoms with van der Waals surface area (Å²) in [7, 11) is 1.57. The van der Waals surface area contributed by atoms with Crippen LogP contribution in [0.2, 0.25) is 0 Å². The number of carbonyl (C=O) groups is 1. The number of methoxy groups -OCH3 is 1. The first-order valence-electron chi connectivity index (χ1n) is 9.42. The van der Waals surface area contributed by atoms with Gasteiger partial charge in [-0.05, 0) is 44.0 Å². The van der Waals surface area contributed by atoms with Crippen LogP contribution in [0.3, 0.4) is 0 Å². The second-order valence-electron chi connectivity index (χ2n) is 6.05. The molecule has 2 rings (SSSR count). The lowest BCUT2D eigenvalue weighted by Gasteiger charge is -2.21. The fraction of sp³-hybridized carbons (Fsp3) is 0.348. The Hall–Kier alpha value is -2.63. The van der Waals surface area contributed by atoms with Crippen LogP contribution in [-0.2, 0) is 19.0 Å². The third-order valence-electron chi connectivity index (χ3n) is 4.14. The van der Waals surface area contributed by atoms with Gasteiger partial charge in [-0.2, -0.15) is 0 Å². The summed E-state index contributed by atoms with van der Waals surface area (Å²) in [6.07, 6.45) is -0.281. The van der Waals surface area contributed by atoms with Crippen molar-refractivity contribution in [2.75, 3.05) is 27.1 Å². The van der Waals surface area contributed by atoms with Gasteiger partial charge in [0.25, 0.3) is 0 Å². The highest BCUT2D eigenvalue weighted by Crippen LogP contribution is 2.32. The van der Waals surface area contributed by atoms with E-state index in [1.165, 1.54) is 0 Å². The fourth-order valence-electron chi connectivity index (χ4n) is 2.96. The van der Waals surface area contributed by atoms with Crippen LogP contribution < -0.4 is 4.74 Å². The zero-order chi connectivity index (χ0) is 20.4. The van der Waals surface area contributed by atoms with E-state index < -0.39 is 0 Å². The second kappa shape index (κ2) is 11.3. The number of benzene rings is 2. The predicted molar refractivity (Wildman–Crippen MR) is 110 cm³/mol. The standard InChI is InChI=1S/C23H28O5/c1-5-26-17(3)21(18-10-8-7-9-11-18)22(23(24)27-6-2)19-12-14-20(15-13-19)28-16-25-4/h7-15,17H,5-6,16H2,1-4H3/b22-21-. The highest BCUT2D eigenvalue weighted by atomic mass is 16.7. The van der Waals surface area contributed by atoms with Gasteiger partial charge in [-0.3, -0.25) is 0 Å². The zero-order valence-corrected chi connectivity index (χ0v) is 16.9. The van der Waals surface area contributed by atoms with Gasteiger partial charge in [-0.25, -0.2) is 4.79 Å². The molecule has 0 radical (unpaired) electrons. The van der Waals surface area contributed by atoms with Gasteiger partial charge in [-0.15, -0.1) is 0 Å². The summed E-state index contributed by atoms with van der Waals surface area (Å²) in [5.41, 5.74) is 2.96. The number of hydrogen-bond acceptors (Lipinski definition) is 5. The summed E-state index contributed by atoms with van der Waals surface area (Å²) >= 11 is 0. The summed E-state index contributed by atoms with van der Waals surface area (Å²) in [6.45, 7) is 6.67. The first-order valence-corrected chi connectivity index (χ1v) is 9.42. The van der Waals surface area contributed by atoms with Gasteiger partial charge < -0.3 is 18.9 Å². The molecule has 0 heterocycles. The molecule has 0 N–H and O–H groups in total. The van der Waals surface area contributed by atoms with Gasteiger partial charge in [-0.1, -0.05) is 42.5 Å². The molecule has 0 spiro atoms. The van der Waals surface area contributed by atoms with E-state index >= 15 is 0 Å². The molecule has 5 heteroatoms. The number of hydrogen-bond donors (Lipinski definition) is 0. The van der Waals surface area contributed by atoms with Crippen LogP contribution in [0.5, 0.6) is 5.75 Å². The van der Waals surface area contributed by atoms with Crippen molar-refractivity contribution in [3.8, 4) is 5.75 Å². The smallest absolute Gasteiger partial charge is 0.339 e. The van der Waals surface area contributed by atoms with Crippen LogP contribution in [0.25, 0.3) is 11.1 Å². The van der Waals surface area contributed by atoms with Gasteiger partial charge in [0.05, 0.1) is 18.3 Å². The Morgan fingerprint density at radius 2 is 1.61 bits per heavy atom. The number of rotatable bonds is 10. The Morgan fingerprint density at radius 1 is 0.929 bits per heavy atom. The Labute approximate surface area is 166 Å². The summed E-state index contributed by atoms with van der Waals surface area (Å²) in [5.74, 6) is 0.284. The molecular formula is C23H28O5. The number of carbonyl (C=O) groups excluding carboxylic acids is 1. The van der Waals surface area contributed by atoms with Crippen molar-refractivity contribution in [3.05, 3.63) is 65.7 Å². The van der Waals surface area contributed by atoms with E-state index in [2.05, 4.69) is 0 Å². The van der Waals surface area contributed by atoms with Gasteiger partial charge in [0.1, 0.15) is 5.75 Å². The van der Waals surface area contributed by atoms with Gasteiger partial charge in [0.15, 0.2) is 6.79 Å². The molecule has 1 unspecified atom stereocenters. The quantitative estimate of drug-likeness (QED) is 0.260. The first kappa shape index (κ1) is 21.7. The van der Waals surface area contributed by atoms with E-state index in [0.29, 0.717) is 24.5 Å². The maximum Gasteiger partial charge on any atom is 0.339 e. The van der Waals surface area contributed by atoms with E-state index in [0.717, 1.165) is 16.7 Å². The molecule has 0 aliphatic heterocycles. The maximum atomic E-state index is 12.9. The lowest BCUT2D eigenvalue weighted by Crippen LogP contribution is -2.17. The van der Waals surface area contributed by atoms with Crippen molar-refractivity contribution in [3.63, 3.8) is 0 Å². The molecule has 150 valence electrons. The summed E-state index contributed by atoms with van der Waals surface area (Å²) in [6, 6.07) is 17.1. The molecule has 0 aliphatic carbocycles. The van der Waals surface area contributed by atoms with Crippen molar-refractivity contribution < 1.29 is 23.7 Å². The van der Waals surface area contributed by atoms with E-state index in [1.54, 1.807) is 14.0 Å². The third kappa shape index (κ3) is 5.68.